The van der Waals surface area contributed by atoms with Crippen molar-refractivity contribution in [3.05, 3.63) is 41.1 Å². The summed E-state index contributed by atoms with van der Waals surface area (Å²) in [5.41, 5.74) is 10.1. The second kappa shape index (κ2) is 4.78. The number of aromatic nitrogens is 3. The summed E-state index contributed by atoms with van der Waals surface area (Å²) in [7, 11) is 0. The van der Waals surface area contributed by atoms with Crippen LogP contribution >= 0.6 is 0 Å². The number of nitrogens with zero attached hydrogens (tertiary/aromatic N) is 3. The zero-order valence-electron chi connectivity index (χ0n) is 12.4. The van der Waals surface area contributed by atoms with Crippen LogP contribution in [-0.2, 0) is 12.0 Å². The van der Waals surface area contributed by atoms with Gasteiger partial charge < -0.3 is 5.73 Å². The Morgan fingerprint density at radius 1 is 1.21 bits per heavy atom. The van der Waals surface area contributed by atoms with Crippen molar-refractivity contribution < 1.29 is 0 Å². The molecular formula is C15H22N4. The molecule has 102 valence electrons. The third-order valence-electron chi connectivity index (χ3n) is 3.37. The SMILES string of the molecule is Cc1ncn(-c2cc(CN)cc(C(C)(C)C)n2)c1C. The molecule has 4 heteroatoms. The summed E-state index contributed by atoms with van der Waals surface area (Å²) in [5.74, 6) is 0.894. The lowest BCUT2D eigenvalue weighted by molar-refractivity contribution is 0.565. The van der Waals surface area contributed by atoms with Crippen LogP contribution in [0.4, 0.5) is 0 Å². The molecule has 0 saturated heterocycles. The van der Waals surface area contributed by atoms with Crippen molar-refractivity contribution in [2.45, 2.75) is 46.6 Å². The number of hydrogen-bond donors (Lipinski definition) is 1. The lowest BCUT2D eigenvalue weighted by Gasteiger charge is -2.20. The maximum atomic E-state index is 5.80. The van der Waals surface area contributed by atoms with Crippen molar-refractivity contribution in [2.75, 3.05) is 0 Å². The molecule has 0 aliphatic carbocycles. The van der Waals surface area contributed by atoms with Crippen LogP contribution in [0.2, 0.25) is 0 Å². The summed E-state index contributed by atoms with van der Waals surface area (Å²) in [5, 5.41) is 0. The van der Waals surface area contributed by atoms with Gasteiger partial charge >= 0.3 is 0 Å². The Morgan fingerprint density at radius 3 is 2.37 bits per heavy atom. The largest absolute Gasteiger partial charge is 0.326 e. The normalized spacial score (nSPS) is 11.9. The zero-order chi connectivity index (χ0) is 14.2. The minimum absolute atomic E-state index is 0.00343. The van der Waals surface area contributed by atoms with E-state index in [0.717, 1.165) is 28.5 Å². The van der Waals surface area contributed by atoms with Gasteiger partial charge in [0.25, 0.3) is 0 Å². The highest BCUT2D eigenvalue weighted by molar-refractivity contribution is 5.35. The smallest absolute Gasteiger partial charge is 0.138 e. The molecule has 0 aliphatic heterocycles. The Labute approximate surface area is 114 Å². The summed E-state index contributed by atoms with van der Waals surface area (Å²) in [6.45, 7) is 11.0. The van der Waals surface area contributed by atoms with E-state index in [1.54, 1.807) is 0 Å². The van der Waals surface area contributed by atoms with Crippen molar-refractivity contribution in [1.82, 2.24) is 14.5 Å². The molecule has 2 rings (SSSR count). The van der Waals surface area contributed by atoms with Gasteiger partial charge in [0.1, 0.15) is 12.1 Å². The molecule has 0 amide bonds. The second-order valence-electron chi connectivity index (χ2n) is 5.96. The van der Waals surface area contributed by atoms with Gasteiger partial charge in [-0.25, -0.2) is 9.97 Å². The van der Waals surface area contributed by atoms with Gasteiger partial charge in [0.05, 0.1) is 5.69 Å². The van der Waals surface area contributed by atoms with E-state index >= 15 is 0 Å². The highest BCUT2D eigenvalue weighted by atomic mass is 15.1. The highest BCUT2D eigenvalue weighted by Crippen LogP contribution is 2.23. The van der Waals surface area contributed by atoms with Crippen LogP contribution in [0.15, 0.2) is 18.5 Å². The fourth-order valence-electron chi connectivity index (χ4n) is 1.93. The molecule has 0 fully saturated rings. The first-order valence-electron chi connectivity index (χ1n) is 6.55. The van der Waals surface area contributed by atoms with E-state index in [1.807, 2.05) is 23.9 Å². The molecule has 0 radical (unpaired) electrons. The van der Waals surface area contributed by atoms with E-state index in [4.69, 9.17) is 10.7 Å². The standard InChI is InChI=1S/C15H22N4/c1-10-11(2)19(9-17-10)14-7-12(8-16)6-13(18-14)15(3,4)5/h6-7,9H,8,16H2,1-5H3. The zero-order valence-corrected chi connectivity index (χ0v) is 12.4. The van der Waals surface area contributed by atoms with Crippen LogP contribution in [0.5, 0.6) is 0 Å². The Hall–Kier alpha value is -1.68. The Balaban J connectivity index is 2.61. The summed E-state index contributed by atoms with van der Waals surface area (Å²) in [6, 6.07) is 4.12. The Morgan fingerprint density at radius 2 is 1.89 bits per heavy atom. The van der Waals surface area contributed by atoms with E-state index < -0.39 is 0 Å². The number of hydrogen-bond acceptors (Lipinski definition) is 3. The van der Waals surface area contributed by atoms with E-state index in [-0.39, 0.29) is 5.41 Å². The van der Waals surface area contributed by atoms with E-state index in [1.165, 1.54) is 0 Å². The molecule has 0 bridgehead atoms. The summed E-state index contributed by atoms with van der Waals surface area (Å²) in [4.78, 5) is 9.10. The van der Waals surface area contributed by atoms with E-state index in [2.05, 4.69) is 38.7 Å². The number of nitrogens with two attached hydrogens (primary N) is 1. The van der Waals surface area contributed by atoms with Gasteiger partial charge in [-0.05, 0) is 31.5 Å². The highest BCUT2D eigenvalue weighted by Gasteiger charge is 2.18. The first-order chi connectivity index (χ1) is 8.82. The topological polar surface area (TPSA) is 56.7 Å². The number of pyridine rings is 1. The van der Waals surface area contributed by atoms with Gasteiger partial charge in [-0.1, -0.05) is 20.8 Å². The lowest BCUT2D eigenvalue weighted by Crippen LogP contribution is -2.16. The third kappa shape index (κ3) is 2.68. The van der Waals surface area contributed by atoms with Crippen LogP contribution in [0.25, 0.3) is 5.82 Å². The van der Waals surface area contributed by atoms with Gasteiger partial charge in [-0.15, -0.1) is 0 Å². The first kappa shape index (κ1) is 13.7. The molecule has 0 unspecified atom stereocenters. The fraction of sp³-hybridized carbons (Fsp3) is 0.467. The average molecular weight is 258 g/mol. The van der Waals surface area contributed by atoms with Gasteiger partial charge in [-0.3, -0.25) is 4.57 Å². The fourth-order valence-corrected chi connectivity index (χ4v) is 1.93. The van der Waals surface area contributed by atoms with Gasteiger partial charge in [0.15, 0.2) is 0 Å². The van der Waals surface area contributed by atoms with Crippen LogP contribution in [0, 0.1) is 13.8 Å². The quantitative estimate of drug-likeness (QED) is 0.901. The van der Waals surface area contributed by atoms with Crippen molar-refractivity contribution >= 4 is 0 Å². The van der Waals surface area contributed by atoms with Crippen molar-refractivity contribution in [1.29, 1.82) is 0 Å². The minimum Gasteiger partial charge on any atom is -0.326 e. The molecule has 19 heavy (non-hydrogen) atoms. The summed E-state index contributed by atoms with van der Waals surface area (Å²) < 4.78 is 2.02. The van der Waals surface area contributed by atoms with Crippen LogP contribution in [-0.4, -0.2) is 14.5 Å². The molecule has 2 aromatic rings. The lowest BCUT2D eigenvalue weighted by atomic mass is 9.90. The number of aryl methyl sites for hydroxylation is 1. The molecule has 0 saturated carbocycles. The predicted octanol–water partition coefficient (Wildman–Crippen LogP) is 2.64. The predicted molar refractivity (Wildman–Crippen MR) is 77.4 cm³/mol. The second-order valence-corrected chi connectivity index (χ2v) is 5.96. The Kier molecular flexibility index (Phi) is 3.45. The maximum Gasteiger partial charge on any atom is 0.138 e. The van der Waals surface area contributed by atoms with Crippen molar-refractivity contribution in [3.63, 3.8) is 0 Å². The van der Waals surface area contributed by atoms with Crippen molar-refractivity contribution in [2.24, 2.45) is 5.73 Å². The van der Waals surface area contributed by atoms with Crippen LogP contribution < -0.4 is 5.73 Å². The Bertz CT molecular complexity index is 591. The van der Waals surface area contributed by atoms with Crippen molar-refractivity contribution in [3.8, 4) is 5.82 Å². The third-order valence-corrected chi connectivity index (χ3v) is 3.37. The minimum atomic E-state index is 0.00343. The van der Waals surface area contributed by atoms with E-state index in [9.17, 15) is 0 Å². The monoisotopic (exact) mass is 258 g/mol. The first-order valence-corrected chi connectivity index (χ1v) is 6.55. The molecule has 2 aromatic heterocycles. The van der Waals surface area contributed by atoms with Crippen LogP contribution in [0.3, 0.4) is 0 Å². The number of imidazole rings is 1. The summed E-state index contributed by atoms with van der Waals surface area (Å²) >= 11 is 0. The maximum absolute atomic E-state index is 5.80. The summed E-state index contributed by atoms with van der Waals surface area (Å²) in [6.07, 6.45) is 1.82. The van der Waals surface area contributed by atoms with Gasteiger partial charge in [-0.2, -0.15) is 0 Å². The molecule has 0 atom stereocenters. The van der Waals surface area contributed by atoms with Crippen LogP contribution in [0.1, 0.15) is 43.4 Å². The molecule has 2 N–H and O–H groups in total. The van der Waals surface area contributed by atoms with Gasteiger partial charge in [0.2, 0.25) is 0 Å². The molecular weight excluding hydrogens is 236 g/mol. The molecule has 0 spiro atoms. The number of rotatable bonds is 2. The van der Waals surface area contributed by atoms with Gasteiger partial charge in [0, 0.05) is 23.3 Å². The average Bonchev–Trinajstić information content (AvgIpc) is 2.68. The molecule has 4 nitrogen and oxygen atoms in total. The molecule has 2 heterocycles. The molecule has 0 aromatic carbocycles. The molecule has 0 aliphatic rings. The van der Waals surface area contributed by atoms with E-state index in [0.29, 0.717) is 6.54 Å².